The fourth-order valence-corrected chi connectivity index (χ4v) is 1.66. The number of carbonyl (C=O) groups is 2. The molecule has 2 unspecified atom stereocenters. The van der Waals surface area contributed by atoms with Gasteiger partial charge in [-0.05, 0) is 27.2 Å². The Hall–Kier alpha value is -1.10. The van der Waals surface area contributed by atoms with Crippen LogP contribution in [0.15, 0.2) is 0 Å². The molecule has 0 saturated heterocycles. The van der Waals surface area contributed by atoms with Crippen LogP contribution in [0.4, 0.5) is 0 Å². The predicted molar refractivity (Wildman–Crippen MR) is 68.4 cm³/mol. The molecule has 0 bridgehead atoms. The zero-order chi connectivity index (χ0) is 13.4. The van der Waals surface area contributed by atoms with E-state index in [1.807, 2.05) is 20.8 Å². The standard InChI is InChI=1S/C12H25N3O2/c1-5-10(8-13)11(16)14-9(4)12(17)15(6-2)7-3/h9-10H,5-8,13H2,1-4H3,(H,14,16). The van der Waals surface area contributed by atoms with E-state index >= 15 is 0 Å². The number of nitrogens with two attached hydrogens (primary N) is 1. The van der Waals surface area contributed by atoms with Gasteiger partial charge in [-0.2, -0.15) is 0 Å². The molecule has 0 aromatic carbocycles. The molecule has 3 N–H and O–H groups in total. The van der Waals surface area contributed by atoms with E-state index in [0.29, 0.717) is 26.1 Å². The number of rotatable bonds is 7. The smallest absolute Gasteiger partial charge is 0.244 e. The van der Waals surface area contributed by atoms with Gasteiger partial charge in [-0.3, -0.25) is 9.59 Å². The molecule has 0 aliphatic carbocycles. The van der Waals surface area contributed by atoms with Crippen molar-refractivity contribution in [2.75, 3.05) is 19.6 Å². The van der Waals surface area contributed by atoms with Crippen molar-refractivity contribution in [2.24, 2.45) is 11.7 Å². The van der Waals surface area contributed by atoms with Gasteiger partial charge < -0.3 is 16.0 Å². The molecular formula is C12H25N3O2. The lowest BCUT2D eigenvalue weighted by Crippen LogP contribution is -2.49. The molecule has 100 valence electrons. The van der Waals surface area contributed by atoms with Crippen molar-refractivity contribution in [3.05, 3.63) is 0 Å². The molecule has 2 amide bonds. The lowest BCUT2D eigenvalue weighted by atomic mass is 10.1. The predicted octanol–water partition coefficient (Wildman–Crippen LogP) is 0.344. The second-order valence-corrected chi connectivity index (χ2v) is 4.08. The normalized spacial score (nSPS) is 13.9. The largest absolute Gasteiger partial charge is 0.344 e. The summed E-state index contributed by atoms with van der Waals surface area (Å²) in [4.78, 5) is 25.4. The maximum atomic E-state index is 11.9. The molecule has 0 rings (SSSR count). The molecule has 0 heterocycles. The van der Waals surface area contributed by atoms with Crippen molar-refractivity contribution in [1.29, 1.82) is 0 Å². The fourth-order valence-electron chi connectivity index (χ4n) is 1.66. The first kappa shape index (κ1) is 15.9. The van der Waals surface area contributed by atoms with Gasteiger partial charge in [0, 0.05) is 25.6 Å². The lowest BCUT2D eigenvalue weighted by molar-refractivity contribution is -0.136. The van der Waals surface area contributed by atoms with Gasteiger partial charge in [-0.1, -0.05) is 6.92 Å². The van der Waals surface area contributed by atoms with Crippen LogP contribution in [0.2, 0.25) is 0 Å². The summed E-state index contributed by atoms with van der Waals surface area (Å²) in [5.74, 6) is -0.389. The second kappa shape index (κ2) is 8.06. The summed E-state index contributed by atoms with van der Waals surface area (Å²) in [6.07, 6.45) is 0.689. The molecule has 17 heavy (non-hydrogen) atoms. The number of nitrogens with one attached hydrogen (secondary N) is 1. The van der Waals surface area contributed by atoms with Crippen LogP contribution in [0, 0.1) is 5.92 Å². The number of carbonyl (C=O) groups excluding carboxylic acids is 2. The summed E-state index contributed by atoms with van der Waals surface area (Å²) in [6.45, 7) is 9.09. The first-order valence-corrected chi connectivity index (χ1v) is 6.30. The van der Waals surface area contributed by atoms with Gasteiger partial charge in [0.25, 0.3) is 0 Å². The minimum atomic E-state index is -0.483. The van der Waals surface area contributed by atoms with E-state index in [-0.39, 0.29) is 17.7 Å². The quantitative estimate of drug-likeness (QED) is 0.677. The summed E-state index contributed by atoms with van der Waals surface area (Å²) in [5.41, 5.74) is 5.49. The molecule has 0 fully saturated rings. The van der Waals surface area contributed by atoms with Gasteiger partial charge in [0.2, 0.25) is 11.8 Å². The summed E-state index contributed by atoms with van der Waals surface area (Å²) >= 11 is 0. The lowest BCUT2D eigenvalue weighted by Gasteiger charge is -2.24. The SMILES string of the molecule is CCC(CN)C(=O)NC(C)C(=O)N(CC)CC. The summed E-state index contributed by atoms with van der Waals surface area (Å²) in [6, 6.07) is -0.483. The molecule has 5 heteroatoms. The van der Waals surface area contributed by atoms with E-state index in [2.05, 4.69) is 5.32 Å². The maximum Gasteiger partial charge on any atom is 0.244 e. The van der Waals surface area contributed by atoms with Gasteiger partial charge in [-0.25, -0.2) is 0 Å². The molecule has 2 atom stereocenters. The van der Waals surface area contributed by atoms with E-state index in [1.54, 1.807) is 11.8 Å². The van der Waals surface area contributed by atoms with Crippen molar-refractivity contribution in [3.63, 3.8) is 0 Å². The van der Waals surface area contributed by atoms with Gasteiger partial charge in [0.1, 0.15) is 6.04 Å². The van der Waals surface area contributed by atoms with Gasteiger partial charge in [-0.15, -0.1) is 0 Å². The minimum absolute atomic E-state index is 0.0461. The van der Waals surface area contributed by atoms with Gasteiger partial charge in [0.15, 0.2) is 0 Å². The molecule has 0 aliphatic rings. The third-order valence-electron chi connectivity index (χ3n) is 2.95. The van der Waals surface area contributed by atoms with Crippen molar-refractivity contribution >= 4 is 11.8 Å². The van der Waals surface area contributed by atoms with Crippen molar-refractivity contribution < 1.29 is 9.59 Å². The number of amides is 2. The molecular weight excluding hydrogens is 218 g/mol. The second-order valence-electron chi connectivity index (χ2n) is 4.08. The topological polar surface area (TPSA) is 75.4 Å². The highest BCUT2D eigenvalue weighted by molar-refractivity contribution is 5.88. The highest BCUT2D eigenvalue weighted by atomic mass is 16.2. The Balaban J connectivity index is 4.38. The average molecular weight is 243 g/mol. The summed E-state index contributed by atoms with van der Waals surface area (Å²) in [7, 11) is 0. The molecule has 0 spiro atoms. The Bertz CT molecular complexity index is 248. The average Bonchev–Trinajstić information content (AvgIpc) is 2.31. The van der Waals surface area contributed by atoms with Crippen molar-refractivity contribution in [3.8, 4) is 0 Å². The number of hydrogen-bond donors (Lipinski definition) is 2. The number of nitrogens with zero attached hydrogens (tertiary/aromatic N) is 1. The van der Waals surface area contributed by atoms with E-state index in [9.17, 15) is 9.59 Å². The zero-order valence-electron chi connectivity index (χ0n) is 11.3. The number of likely N-dealkylation sites (N-methyl/N-ethyl adjacent to an activating group) is 1. The molecule has 0 aromatic heterocycles. The van der Waals surface area contributed by atoms with Gasteiger partial charge in [0.05, 0.1) is 0 Å². The van der Waals surface area contributed by atoms with Crippen LogP contribution < -0.4 is 11.1 Å². The Kier molecular flexibility index (Phi) is 7.54. The van der Waals surface area contributed by atoms with Crippen LogP contribution in [0.1, 0.15) is 34.1 Å². The Morgan fingerprint density at radius 3 is 2.12 bits per heavy atom. The van der Waals surface area contributed by atoms with Crippen LogP contribution in [0.5, 0.6) is 0 Å². The summed E-state index contributed by atoms with van der Waals surface area (Å²) in [5, 5.41) is 2.72. The molecule has 0 radical (unpaired) electrons. The van der Waals surface area contributed by atoms with E-state index in [4.69, 9.17) is 5.73 Å². The van der Waals surface area contributed by atoms with E-state index in [1.165, 1.54) is 0 Å². The first-order chi connectivity index (χ1) is 8.01. The highest BCUT2D eigenvalue weighted by Gasteiger charge is 2.22. The molecule has 5 nitrogen and oxygen atoms in total. The summed E-state index contributed by atoms with van der Waals surface area (Å²) < 4.78 is 0. The van der Waals surface area contributed by atoms with Crippen LogP contribution in [0.25, 0.3) is 0 Å². The van der Waals surface area contributed by atoms with Gasteiger partial charge >= 0.3 is 0 Å². The Morgan fingerprint density at radius 1 is 1.24 bits per heavy atom. The third kappa shape index (κ3) is 4.73. The number of hydrogen-bond acceptors (Lipinski definition) is 3. The van der Waals surface area contributed by atoms with Crippen LogP contribution in [0.3, 0.4) is 0 Å². The minimum Gasteiger partial charge on any atom is -0.344 e. The first-order valence-electron chi connectivity index (χ1n) is 6.30. The molecule has 0 saturated carbocycles. The van der Waals surface area contributed by atoms with Crippen LogP contribution >= 0.6 is 0 Å². The molecule has 0 aromatic rings. The zero-order valence-corrected chi connectivity index (χ0v) is 11.3. The van der Waals surface area contributed by atoms with E-state index in [0.717, 1.165) is 0 Å². The van der Waals surface area contributed by atoms with Crippen LogP contribution in [-0.4, -0.2) is 42.4 Å². The third-order valence-corrected chi connectivity index (χ3v) is 2.95. The highest BCUT2D eigenvalue weighted by Crippen LogP contribution is 2.02. The molecule has 0 aliphatic heterocycles. The van der Waals surface area contributed by atoms with Crippen LogP contribution in [-0.2, 0) is 9.59 Å². The monoisotopic (exact) mass is 243 g/mol. The maximum absolute atomic E-state index is 11.9. The Morgan fingerprint density at radius 2 is 1.76 bits per heavy atom. The van der Waals surface area contributed by atoms with Crippen molar-refractivity contribution in [1.82, 2.24) is 10.2 Å². The van der Waals surface area contributed by atoms with E-state index < -0.39 is 6.04 Å². The Labute approximate surface area is 104 Å². The fraction of sp³-hybridized carbons (Fsp3) is 0.833. The van der Waals surface area contributed by atoms with Crippen molar-refractivity contribution in [2.45, 2.75) is 40.2 Å².